The molecule has 0 aliphatic heterocycles. The molecule has 0 spiro atoms. The molecule has 32 heavy (non-hydrogen) atoms. The standard InChI is InChI=1S/C24H38N2O6/c1-17(26(31)16-28)20(8-6-7-18-9-11-19(32-5)12-10-18)22(29)15-21(24(2,3)4)23(30)25-13-14-27/h9-12,16-17,20-21,27,31H,6-8,13-15H2,1-5H3,(H,25,30)/t17-,20+,21+/m0/s1. The number of carbonyl (C=O) groups excluding carboxylic acids is 3. The maximum Gasteiger partial charge on any atom is 0.233 e. The monoisotopic (exact) mass is 450 g/mol. The van der Waals surface area contributed by atoms with Crippen LogP contribution in [0.15, 0.2) is 24.3 Å². The summed E-state index contributed by atoms with van der Waals surface area (Å²) in [5, 5.41) is 22.1. The Balaban J connectivity index is 2.93. The number of rotatable bonds is 14. The Morgan fingerprint density at radius 2 is 1.84 bits per heavy atom. The minimum Gasteiger partial charge on any atom is -0.497 e. The smallest absolute Gasteiger partial charge is 0.233 e. The second kappa shape index (κ2) is 13.2. The predicted molar refractivity (Wildman–Crippen MR) is 121 cm³/mol. The predicted octanol–water partition coefficient (Wildman–Crippen LogP) is 2.60. The fraction of sp³-hybridized carbons (Fsp3) is 0.625. The van der Waals surface area contributed by atoms with Gasteiger partial charge in [0.05, 0.1) is 19.8 Å². The zero-order valence-corrected chi connectivity index (χ0v) is 19.8. The van der Waals surface area contributed by atoms with Crippen LogP contribution in [-0.2, 0) is 20.8 Å². The summed E-state index contributed by atoms with van der Waals surface area (Å²) in [6.45, 7) is 7.22. The number of hydrogen-bond donors (Lipinski definition) is 3. The molecule has 8 heteroatoms. The van der Waals surface area contributed by atoms with Crippen LogP contribution in [0.2, 0.25) is 0 Å². The van der Waals surface area contributed by atoms with E-state index in [-0.39, 0.29) is 31.3 Å². The van der Waals surface area contributed by atoms with Crippen LogP contribution in [0.3, 0.4) is 0 Å². The third-order valence-corrected chi connectivity index (χ3v) is 5.84. The molecule has 8 nitrogen and oxygen atoms in total. The minimum atomic E-state index is -0.711. The van der Waals surface area contributed by atoms with Crippen LogP contribution in [-0.4, -0.2) is 59.8 Å². The number of nitrogens with zero attached hydrogens (tertiary/aromatic N) is 1. The van der Waals surface area contributed by atoms with Gasteiger partial charge in [-0.1, -0.05) is 32.9 Å². The number of Topliss-reactive ketones (excluding diaryl/α,β-unsaturated/α-hetero) is 1. The SMILES string of the molecule is COc1ccc(CCC[C@@H](C(=O)C[C@H](C(=O)NCCO)C(C)(C)C)[C@H](C)N(O)C=O)cc1. The number of amides is 2. The molecule has 1 aromatic rings. The average Bonchev–Trinajstić information content (AvgIpc) is 2.77. The Hall–Kier alpha value is -2.45. The van der Waals surface area contributed by atoms with Crippen molar-refractivity contribution in [1.29, 1.82) is 0 Å². The molecule has 0 unspecified atom stereocenters. The number of aryl methyl sites for hydroxylation is 1. The van der Waals surface area contributed by atoms with Gasteiger partial charge in [-0.3, -0.25) is 19.6 Å². The number of carbonyl (C=O) groups is 3. The lowest BCUT2D eigenvalue weighted by Crippen LogP contribution is -2.44. The summed E-state index contributed by atoms with van der Waals surface area (Å²) in [6.07, 6.45) is 2.16. The van der Waals surface area contributed by atoms with E-state index < -0.39 is 23.3 Å². The van der Waals surface area contributed by atoms with Gasteiger partial charge in [0.2, 0.25) is 12.3 Å². The van der Waals surface area contributed by atoms with Crippen LogP contribution in [0, 0.1) is 17.3 Å². The Morgan fingerprint density at radius 1 is 1.22 bits per heavy atom. The number of hydroxylamine groups is 2. The zero-order valence-electron chi connectivity index (χ0n) is 19.8. The number of benzene rings is 1. The number of ether oxygens (including phenoxy) is 1. The topological polar surface area (TPSA) is 116 Å². The lowest BCUT2D eigenvalue weighted by Gasteiger charge is -2.32. The number of hydrogen-bond acceptors (Lipinski definition) is 6. The molecular weight excluding hydrogens is 412 g/mol. The summed E-state index contributed by atoms with van der Waals surface area (Å²) < 4.78 is 5.16. The van der Waals surface area contributed by atoms with Crippen molar-refractivity contribution >= 4 is 18.1 Å². The Bertz CT molecular complexity index is 729. The van der Waals surface area contributed by atoms with E-state index in [1.54, 1.807) is 14.0 Å². The molecule has 0 saturated heterocycles. The molecule has 0 aromatic heterocycles. The fourth-order valence-electron chi connectivity index (χ4n) is 3.72. The van der Waals surface area contributed by atoms with Crippen LogP contribution in [0.4, 0.5) is 0 Å². The number of aliphatic hydroxyl groups is 1. The summed E-state index contributed by atoms with van der Waals surface area (Å²) in [5.41, 5.74) is 0.618. The van der Waals surface area contributed by atoms with Crippen LogP contribution in [0.5, 0.6) is 5.75 Å². The van der Waals surface area contributed by atoms with Gasteiger partial charge in [0.1, 0.15) is 11.5 Å². The maximum absolute atomic E-state index is 13.3. The Labute approximate surface area is 190 Å². The van der Waals surface area contributed by atoms with Gasteiger partial charge in [-0.05, 0) is 49.3 Å². The molecule has 0 fully saturated rings. The van der Waals surface area contributed by atoms with Gasteiger partial charge in [0.25, 0.3) is 0 Å². The molecule has 180 valence electrons. The molecule has 2 amide bonds. The first-order valence-electron chi connectivity index (χ1n) is 11.0. The van der Waals surface area contributed by atoms with Crippen molar-refractivity contribution in [2.75, 3.05) is 20.3 Å². The first kappa shape index (κ1) is 27.6. The quantitative estimate of drug-likeness (QED) is 0.228. The van der Waals surface area contributed by atoms with Crippen molar-refractivity contribution < 1.29 is 29.4 Å². The molecular formula is C24H38N2O6. The molecule has 1 rings (SSSR count). The number of nitrogens with one attached hydrogen (secondary N) is 1. The molecule has 3 N–H and O–H groups in total. The highest BCUT2D eigenvalue weighted by molar-refractivity contribution is 5.89. The van der Waals surface area contributed by atoms with Gasteiger partial charge in [0.15, 0.2) is 0 Å². The van der Waals surface area contributed by atoms with E-state index in [1.807, 2.05) is 45.0 Å². The summed E-state index contributed by atoms with van der Waals surface area (Å²) in [7, 11) is 1.61. The highest BCUT2D eigenvalue weighted by Gasteiger charge is 2.37. The summed E-state index contributed by atoms with van der Waals surface area (Å²) in [4.78, 5) is 37.0. The third-order valence-electron chi connectivity index (χ3n) is 5.84. The summed E-state index contributed by atoms with van der Waals surface area (Å²) in [5.74, 6) is -0.904. The molecule has 0 aliphatic carbocycles. The van der Waals surface area contributed by atoms with Crippen LogP contribution >= 0.6 is 0 Å². The lowest BCUT2D eigenvalue weighted by atomic mass is 9.74. The zero-order chi connectivity index (χ0) is 24.3. The molecule has 1 aromatic carbocycles. The third kappa shape index (κ3) is 8.59. The highest BCUT2D eigenvalue weighted by Crippen LogP contribution is 2.32. The van der Waals surface area contributed by atoms with Gasteiger partial charge in [0, 0.05) is 24.8 Å². The molecule has 0 bridgehead atoms. The molecule has 3 atom stereocenters. The molecule has 0 heterocycles. The fourth-order valence-corrected chi connectivity index (χ4v) is 3.72. The van der Waals surface area contributed by atoms with Gasteiger partial charge in [-0.15, -0.1) is 0 Å². The average molecular weight is 451 g/mol. The van der Waals surface area contributed by atoms with Crippen LogP contribution in [0.25, 0.3) is 0 Å². The normalized spacial score (nSPS) is 14.2. The van der Waals surface area contributed by atoms with Crippen molar-refractivity contribution in [2.24, 2.45) is 17.3 Å². The van der Waals surface area contributed by atoms with Gasteiger partial charge >= 0.3 is 0 Å². The van der Waals surface area contributed by atoms with E-state index in [2.05, 4.69) is 5.32 Å². The number of ketones is 1. The van der Waals surface area contributed by atoms with Crippen molar-refractivity contribution in [2.45, 2.75) is 59.4 Å². The minimum absolute atomic E-state index is 0.00893. The summed E-state index contributed by atoms with van der Waals surface area (Å²) >= 11 is 0. The second-order valence-electron chi connectivity index (χ2n) is 9.18. The maximum atomic E-state index is 13.3. The first-order valence-corrected chi connectivity index (χ1v) is 11.0. The Kier molecular flexibility index (Phi) is 11.4. The van der Waals surface area contributed by atoms with Gasteiger partial charge < -0.3 is 15.2 Å². The molecule has 0 aliphatic rings. The van der Waals surface area contributed by atoms with Gasteiger partial charge in [-0.25, -0.2) is 5.06 Å². The van der Waals surface area contributed by atoms with E-state index in [0.717, 1.165) is 17.7 Å². The van der Waals surface area contributed by atoms with Crippen molar-refractivity contribution in [3.8, 4) is 5.75 Å². The first-order chi connectivity index (χ1) is 15.0. The van der Waals surface area contributed by atoms with E-state index >= 15 is 0 Å². The molecule has 0 radical (unpaired) electrons. The van der Waals surface area contributed by atoms with Crippen LogP contribution < -0.4 is 10.1 Å². The number of aliphatic hydroxyl groups excluding tert-OH is 1. The largest absolute Gasteiger partial charge is 0.497 e. The van der Waals surface area contributed by atoms with E-state index in [4.69, 9.17) is 9.84 Å². The number of methoxy groups -OCH3 is 1. The Morgan fingerprint density at radius 3 is 2.34 bits per heavy atom. The lowest BCUT2D eigenvalue weighted by molar-refractivity contribution is -0.166. The van der Waals surface area contributed by atoms with Crippen molar-refractivity contribution in [3.63, 3.8) is 0 Å². The van der Waals surface area contributed by atoms with Gasteiger partial charge in [-0.2, -0.15) is 0 Å². The van der Waals surface area contributed by atoms with E-state index in [1.165, 1.54) is 0 Å². The van der Waals surface area contributed by atoms with E-state index in [0.29, 0.717) is 24.3 Å². The van der Waals surface area contributed by atoms with Crippen molar-refractivity contribution in [1.82, 2.24) is 10.4 Å². The van der Waals surface area contributed by atoms with E-state index in [9.17, 15) is 19.6 Å². The van der Waals surface area contributed by atoms with Crippen molar-refractivity contribution in [3.05, 3.63) is 29.8 Å². The summed E-state index contributed by atoms with van der Waals surface area (Å²) in [6, 6.07) is 6.97. The highest BCUT2D eigenvalue weighted by atomic mass is 16.5. The van der Waals surface area contributed by atoms with Crippen LogP contribution in [0.1, 0.15) is 52.5 Å². The second-order valence-corrected chi connectivity index (χ2v) is 9.18. The molecule has 0 saturated carbocycles.